The van der Waals surface area contributed by atoms with Crippen LogP contribution in [0, 0.1) is 6.92 Å². The lowest BCUT2D eigenvalue weighted by Crippen LogP contribution is -2.26. The predicted molar refractivity (Wildman–Crippen MR) is 67.6 cm³/mol. The molecule has 0 unspecified atom stereocenters. The Balaban J connectivity index is 2.12. The SMILES string of the molecule is Cc1ccccc1OCCCC(=O)NOCC(=O)O. The number of rotatable bonds is 8. The summed E-state index contributed by atoms with van der Waals surface area (Å²) in [5.41, 5.74) is 3.09. The van der Waals surface area contributed by atoms with Gasteiger partial charge in [0.25, 0.3) is 0 Å². The van der Waals surface area contributed by atoms with Gasteiger partial charge in [-0.3, -0.25) is 9.63 Å². The summed E-state index contributed by atoms with van der Waals surface area (Å²) in [6, 6.07) is 7.62. The first kappa shape index (κ1) is 15.0. The van der Waals surface area contributed by atoms with Gasteiger partial charge in [0.05, 0.1) is 6.61 Å². The fourth-order valence-electron chi connectivity index (χ4n) is 1.36. The third-order valence-electron chi connectivity index (χ3n) is 2.28. The Morgan fingerprint density at radius 1 is 1.32 bits per heavy atom. The molecule has 0 heterocycles. The van der Waals surface area contributed by atoms with E-state index in [0.717, 1.165) is 11.3 Å². The summed E-state index contributed by atoms with van der Waals surface area (Å²) in [7, 11) is 0. The predicted octanol–water partition coefficient (Wildman–Crippen LogP) is 1.29. The maximum Gasteiger partial charge on any atom is 0.332 e. The molecule has 6 heteroatoms. The number of carbonyl (C=O) groups is 2. The summed E-state index contributed by atoms with van der Waals surface area (Å²) in [6.07, 6.45) is 0.738. The van der Waals surface area contributed by atoms with Gasteiger partial charge in [0, 0.05) is 6.42 Å². The van der Waals surface area contributed by atoms with Crippen LogP contribution in [0.5, 0.6) is 5.75 Å². The molecule has 6 nitrogen and oxygen atoms in total. The Morgan fingerprint density at radius 3 is 2.74 bits per heavy atom. The van der Waals surface area contributed by atoms with Crippen molar-refractivity contribution in [2.24, 2.45) is 0 Å². The van der Waals surface area contributed by atoms with Crippen molar-refractivity contribution in [2.75, 3.05) is 13.2 Å². The van der Waals surface area contributed by atoms with Gasteiger partial charge in [0.2, 0.25) is 5.91 Å². The van der Waals surface area contributed by atoms with Gasteiger partial charge in [-0.05, 0) is 25.0 Å². The average Bonchev–Trinajstić information content (AvgIpc) is 2.36. The quantitative estimate of drug-likeness (QED) is 0.547. The zero-order valence-electron chi connectivity index (χ0n) is 10.7. The summed E-state index contributed by atoms with van der Waals surface area (Å²) in [5.74, 6) is -0.706. The molecule has 1 amide bonds. The van der Waals surface area contributed by atoms with Gasteiger partial charge in [-0.2, -0.15) is 0 Å². The van der Waals surface area contributed by atoms with Gasteiger partial charge >= 0.3 is 5.97 Å². The zero-order valence-corrected chi connectivity index (χ0v) is 10.7. The topological polar surface area (TPSA) is 84.9 Å². The van der Waals surface area contributed by atoms with E-state index in [0.29, 0.717) is 13.0 Å². The van der Waals surface area contributed by atoms with Crippen LogP contribution in [0.2, 0.25) is 0 Å². The van der Waals surface area contributed by atoms with Crippen molar-refractivity contribution in [1.82, 2.24) is 5.48 Å². The van der Waals surface area contributed by atoms with E-state index in [-0.39, 0.29) is 12.3 Å². The normalized spacial score (nSPS) is 9.95. The van der Waals surface area contributed by atoms with E-state index < -0.39 is 12.6 Å². The molecule has 1 rings (SSSR count). The second-order valence-electron chi connectivity index (χ2n) is 3.93. The minimum absolute atomic E-state index is 0.214. The summed E-state index contributed by atoms with van der Waals surface area (Å²) in [5, 5.41) is 8.30. The lowest BCUT2D eigenvalue weighted by Gasteiger charge is -2.08. The molecule has 0 atom stereocenters. The van der Waals surface area contributed by atoms with E-state index in [1.807, 2.05) is 36.7 Å². The highest BCUT2D eigenvalue weighted by molar-refractivity contribution is 5.75. The Labute approximate surface area is 111 Å². The van der Waals surface area contributed by atoms with E-state index >= 15 is 0 Å². The van der Waals surface area contributed by atoms with Crippen LogP contribution in [0.3, 0.4) is 0 Å². The van der Waals surface area contributed by atoms with Gasteiger partial charge < -0.3 is 9.84 Å². The Morgan fingerprint density at radius 2 is 2.05 bits per heavy atom. The van der Waals surface area contributed by atoms with Crippen LogP contribution in [-0.2, 0) is 14.4 Å². The van der Waals surface area contributed by atoms with Crippen LogP contribution in [0.1, 0.15) is 18.4 Å². The van der Waals surface area contributed by atoms with Crippen LogP contribution in [0.15, 0.2) is 24.3 Å². The molecule has 2 N–H and O–H groups in total. The van der Waals surface area contributed by atoms with Crippen LogP contribution in [-0.4, -0.2) is 30.2 Å². The van der Waals surface area contributed by atoms with E-state index in [1.165, 1.54) is 0 Å². The van der Waals surface area contributed by atoms with Crippen LogP contribution >= 0.6 is 0 Å². The number of aryl methyl sites for hydroxylation is 1. The number of carboxylic acids is 1. The highest BCUT2D eigenvalue weighted by atomic mass is 16.7. The Kier molecular flexibility index (Phi) is 6.38. The fourth-order valence-corrected chi connectivity index (χ4v) is 1.36. The highest BCUT2D eigenvalue weighted by Crippen LogP contribution is 2.16. The molecule has 0 radical (unpaired) electrons. The Hall–Kier alpha value is -2.08. The number of carbonyl (C=O) groups excluding carboxylic acids is 1. The molecular weight excluding hydrogens is 250 g/mol. The number of aliphatic carboxylic acids is 1. The molecule has 0 aliphatic heterocycles. The number of hydroxylamine groups is 1. The van der Waals surface area contributed by atoms with Crippen molar-refractivity contribution in [3.63, 3.8) is 0 Å². The van der Waals surface area contributed by atoms with Gasteiger partial charge in [-0.15, -0.1) is 0 Å². The standard InChI is InChI=1S/C13H17NO5/c1-10-5-2-3-6-11(10)18-8-4-7-12(15)14-19-9-13(16)17/h2-3,5-6H,4,7-9H2,1H3,(H,14,15)(H,16,17). The van der Waals surface area contributed by atoms with Gasteiger partial charge in [-0.25, -0.2) is 10.3 Å². The van der Waals surface area contributed by atoms with E-state index in [1.54, 1.807) is 0 Å². The van der Waals surface area contributed by atoms with E-state index in [4.69, 9.17) is 9.84 Å². The highest BCUT2D eigenvalue weighted by Gasteiger charge is 2.04. The summed E-state index contributed by atoms with van der Waals surface area (Å²) in [6.45, 7) is 1.81. The summed E-state index contributed by atoms with van der Waals surface area (Å²) >= 11 is 0. The molecule has 0 saturated heterocycles. The number of para-hydroxylation sites is 1. The minimum Gasteiger partial charge on any atom is -0.493 e. The molecule has 0 bridgehead atoms. The molecule has 0 aliphatic rings. The molecule has 0 spiro atoms. The summed E-state index contributed by atoms with van der Waals surface area (Å²) in [4.78, 5) is 25.8. The minimum atomic E-state index is -1.14. The molecule has 0 aromatic heterocycles. The van der Waals surface area contributed by atoms with Gasteiger partial charge in [0.15, 0.2) is 6.61 Å². The van der Waals surface area contributed by atoms with Crippen molar-refractivity contribution in [3.8, 4) is 5.75 Å². The molecule has 1 aromatic carbocycles. The first-order valence-corrected chi connectivity index (χ1v) is 5.90. The maximum atomic E-state index is 11.2. The zero-order chi connectivity index (χ0) is 14.1. The average molecular weight is 267 g/mol. The van der Waals surface area contributed by atoms with Gasteiger partial charge in [0.1, 0.15) is 5.75 Å². The lowest BCUT2D eigenvalue weighted by molar-refractivity contribution is -0.149. The van der Waals surface area contributed by atoms with E-state index in [9.17, 15) is 9.59 Å². The van der Waals surface area contributed by atoms with Crippen LogP contribution in [0.4, 0.5) is 0 Å². The first-order valence-electron chi connectivity index (χ1n) is 5.90. The number of ether oxygens (including phenoxy) is 1. The van der Waals surface area contributed by atoms with Crippen molar-refractivity contribution < 1.29 is 24.3 Å². The van der Waals surface area contributed by atoms with Crippen LogP contribution < -0.4 is 10.2 Å². The Bertz CT molecular complexity index is 433. The van der Waals surface area contributed by atoms with Gasteiger partial charge in [-0.1, -0.05) is 18.2 Å². The largest absolute Gasteiger partial charge is 0.493 e. The van der Waals surface area contributed by atoms with Crippen molar-refractivity contribution in [2.45, 2.75) is 19.8 Å². The second kappa shape index (κ2) is 8.10. The number of hydrogen-bond acceptors (Lipinski definition) is 4. The molecule has 0 fully saturated rings. The maximum absolute atomic E-state index is 11.2. The lowest BCUT2D eigenvalue weighted by atomic mass is 10.2. The van der Waals surface area contributed by atoms with Crippen molar-refractivity contribution in [3.05, 3.63) is 29.8 Å². The van der Waals surface area contributed by atoms with Crippen molar-refractivity contribution >= 4 is 11.9 Å². The molecule has 0 aliphatic carbocycles. The summed E-state index contributed by atoms with van der Waals surface area (Å²) < 4.78 is 5.51. The smallest absolute Gasteiger partial charge is 0.332 e. The van der Waals surface area contributed by atoms with Crippen LogP contribution in [0.25, 0.3) is 0 Å². The number of benzene rings is 1. The number of amides is 1. The second-order valence-corrected chi connectivity index (χ2v) is 3.93. The molecule has 19 heavy (non-hydrogen) atoms. The number of hydrogen-bond donors (Lipinski definition) is 2. The molecule has 1 aromatic rings. The number of nitrogens with one attached hydrogen (secondary N) is 1. The first-order chi connectivity index (χ1) is 9.09. The number of carboxylic acid groups (broad SMARTS) is 1. The van der Waals surface area contributed by atoms with Crippen molar-refractivity contribution in [1.29, 1.82) is 0 Å². The molecule has 0 saturated carbocycles. The third-order valence-corrected chi connectivity index (χ3v) is 2.28. The molecular formula is C13H17NO5. The monoisotopic (exact) mass is 267 g/mol. The fraction of sp³-hybridized carbons (Fsp3) is 0.385. The molecule has 104 valence electrons. The third kappa shape index (κ3) is 6.42. The van der Waals surface area contributed by atoms with E-state index in [2.05, 4.69) is 4.84 Å².